The Balaban J connectivity index is 1.65. The third-order valence-corrected chi connectivity index (χ3v) is 5.46. The average Bonchev–Trinajstić information content (AvgIpc) is 2.94. The van der Waals surface area contributed by atoms with Crippen LogP contribution >= 0.6 is 27.3 Å². The highest BCUT2D eigenvalue weighted by atomic mass is 79.9. The van der Waals surface area contributed by atoms with Gasteiger partial charge in [-0.2, -0.15) is 0 Å². The summed E-state index contributed by atoms with van der Waals surface area (Å²) in [6, 6.07) is 4.22. The van der Waals surface area contributed by atoms with Crippen LogP contribution < -0.4 is 10.0 Å². The van der Waals surface area contributed by atoms with E-state index in [1.807, 2.05) is 12.1 Å². The van der Waals surface area contributed by atoms with Crippen LogP contribution in [0.15, 0.2) is 15.9 Å². The van der Waals surface area contributed by atoms with Crippen LogP contribution in [0.2, 0.25) is 0 Å². The minimum atomic E-state index is -3.09. The lowest BCUT2D eigenvalue weighted by Gasteiger charge is -2.05. The molecule has 0 aromatic carbocycles. The predicted octanol–water partition coefficient (Wildman–Crippen LogP) is 1.68. The monoisotopic (exact) mass is 338 g/mol. The van der Waals surface area contributed by atoms with Gasteiger partial charge >= 0.3 is 0 Å². The van der Waals surface area contributed by atoms with Gasteiger partial charge < -0.3 is 5.32 Å². The summed E-state index contributed by atoms with van der Waals surface area (Å²) in [5.41, 5.74) is 0. The normalized spacial score (nSPS) is 16.3. The molecule has 0 saturated heterocycles. The molecule has 0 radical (unpaired) electrons. The highest BCUT2D eigenvalue weighted by Crippen LogP contribution is 2.21. The van der Waals surface area contributed by atoms with Gasteiger partial charge in [0.2, 0.25) is 10.0 Å². The molecule has 1 aromatic heterocycles. The zero-order chi connectivity index (χ0) is 12.3. The third kappa shape index (κ3) is 5.05. The van der Waals surface area contributed by atoms with Crippen molar-refractivity contribution in [3.05, 3.63) is 20.8 Å². The molecule has 4 nitrogen and oxygen atoms in total. The first kappa shape index (κ1) is 13.5. The molecule has 0 atom stereocenters. The Morgan fingerprint density at radius 3 is 2.76 bits per heavy atom. The van der Waals surface area contributed by atoms with Crippen molar-refractivity contribution in [2.45, 2.75) is 25.4 Å². The Bertz CT molecular complexity index is 468. The van der Waals surface area contributed by atoms with Crippen molar-refractivity contribution >= 4 is 37.3 Å². The fourth-order valence-electron chi connectivity index (χ4n) is 1.38. The van der Waals surface area contributed by atoms with Crippen molar-refractivity contribution in [3.8, 4) is 0 Å². The molecule has 2 rings (SSSR count). The molecule has 0 spiro atoms. The van der Waals surface area contributed by atoms with E-state index in [0.29, 0.717) is 6.54 Å². The third-order valence-electron chi connectivity index (χ3n) is 2.40. The second kappa shape index (κ2) is 5.79. The van der Waals surface area contributed by atoms with Gasteiger partial charge in [-0.3, -0.25) is 0 Å². The fraction of sp³-hybridized carbons (Fsp3) is 0.600. The topological polar surface area (TPSA) is 58.2 Å². The number of halogens is 1. The summed E-state index contributed by atoms with van der Waals surface area (Å²) in [4.78, 5) is 1.20. The van der Waals surface area contributed by atoms with E-state index in [0.717, 1.165) is 23.2 Å². The first-order chi connectivity index (χ1) is 8.05. The zero-order valence-electron chi connectivity index (χ0n) is 9.28. The lowest BCUT2D eigenvalue weighted by molar-refractivity contribution is 0.576. The molecule has 0 amide bonds. The van der Waals surface area contributed by atoms with Crippen LogP contribution in [-0.2, 0) is 16.6 Å². The highest BCUT2D eigenvalue weighted by molar-refractivity contribution is 9.11. The molecule has 0 bridgehead atoms. The van der Waals surface area contributed by atoms with Crippen molar-refractivity contribution in [1.29, 1.82) is 0 Å². The Morgan fingerprint density at radius 2 is 2.18 bits per heavy atom. The average molecular weight is 339 g/mol. The molecule has 96 valence electrons. The first-order valence-corrected chi connectivity index (χ1v) is 8.76. The molecule has 0 unspecified atom stereocenters. The number of rotatable bonds is 7. The number of sulfonamides is 1. The Hall–Kier alpha value is 0.0500. The second-order valence-electron chi connectivity index (χ2n) is 4.09. The van der Waals surface area contributed by atoms with E-state index < -0.39 is 10.0 Å². The molecule has 1 aliphatic carbocycles. The van der Waals surface area contributed by atoms with Crippen LogP contribution in [0, 0.1) is 0 Å². The largest absolute Gasteiger partial charge is 0.311 e. The lowest BCUT2D eigenvalue weighted by Crippen LogP contribution is -2.32. The molecule has 1 aromatic rings. The van der Waals surface area contributed by atoms with Crippen LogP contribution in [0.4, 0.5) is 0 Å². The van der Waals surface area contributed by atoms with E-state index in [-0.39, 0.29) is 11.8 Å². The first-order valence-electron chi connectivity index (χ1n) is 5.50. The molecule has 1 aliphatic rings. The van der Waals surface area contributed by atoms with E-state index in [9.17, 15) is 8.42 Å². The fourth-order valence-corrected chi connectivity index (χ4v) is 4.11. The number of hydrogen-bond donors (Lipinski definition) is 2. The standard InChI is InChI=1S/C10H15BrN2O2S2/c11-10-4-3-9(16-10)7-12-5-6-17(14,15)13-8-1-2-8/h3-4,8,12-13H,1-2,5-7H2. The second-order valence-corrected chi connectivity index (χ2v) is 8.51. The predicted molar refractivity (Wildman–Crippen MR) is 73.7 cm³/mol. The van der Waals surface area contributed by atoms with Crippen molar-refractivity contribution in [2.24, 2.45) is 0 Å². The van der Waals surface area contributed by atoms with Crippen LogP contribution in [0.1, 0.15) is 17.7 Å². The van der Waals surface area contributed by atoms with Gasteiger partial charge in [0.25, 0.3) is 0 Å². The van der Waals surface area contributed by atoms with Gasteiger partial charge in [-0.05, 0) is 40.9 Å². The lowest BCUT2D eigenvalue weighted by atomic mass is 10.4. The van der Waals surface area contributed by atoms with Gasteiger partial charge in [-0.15, -0.1) is 11.3 Å². The van der Waals surface area contributed by atoms with Gasteiger partial charge in [0.1, 0.15) is 0 Å². The minimum Gasteiger partial charge on any atom is -0.311 e. The van der Waals surface area contributed by atoms with Gasteiger partial charge in [0.15, 0.2) is 0 Å². The summed E-state index contributed by atoms with van der Waals surface area (Å²) in [6.45, 7) is 1.20. The quantitative estimate of drug-likeness (QED) is 0.743. The smallest absolute Gasteiger partial charge is 0.213 e. The maximum atomic E-state index is 11.5. The highest BCUT2D eigenvalue weighted by Gasteiger charge is 2.26. The van der Waals surface area contributed by atoms with E-state index in [1.165, 1.54) is 4.88 Å². The van der Waals surface area contributed by atoms with Crippen molar-refractivity contribution < 1.29 is 8.42 Å². The Kier molecular flexibility index (Phi) is 4.59. The van der Waals surface area contributed by atoms with Gasteiger partial charge in [-0.1, -0.05) is 0 Å². The Morgan fingerprint density at radius 1 is 1.41 bits per heavy atom. The molecule has 7 heteroatoms. The summed E-state index contributed by atoms with van der Waals surface area (Å²) in [7, 11) is -3.09. The van der Waals surface area contributed by atoms with Crippen molar-refractivity contribution in [1.82, 2.24) is 10.0 Å². The van der Waals surface area contributed by atoms with E-state index in [2.05, 4.69) is 26.0 Å². The van der Waals surface area contributed by atoms with Crippen LogP contribution in [-0.4, -0.2) is 26.8 Å². The summed E-state index contributed by atoms with van der Waals surface area (Å²) in [5, 5.41) is 3.14. The van der Waals surface area contributed by atoms with Gasteiger partial charge in [0.05, 0.1) is 9.54 Å². The molecule has 1 heterocycles. The molecule has 0 aliphatic heterocycles. The molecular weight excluding hydrogens is 324 g/mol. The molecule has 2 N–H and O–H groups in total. The van der Waals surface area contributed by atoms with Crippen LogP contribution in [0.25, 0.3) is 0 Å². The Labute approximate surface area is 114 Å². The van der Waals surface area contributed by atoms with Crippen molar-refractivity contribution in [3.63, 3.8) is 0 Å². The maximum Gasteiger partial charge on any atom is 0.213 e. The maximum absolute atomic E-state index is 11.5. The summed E-state index contributed by atoms with van der Waals surface area (Å²) >= 11 is 5.05. The van der Waals surface area contributed by atoms with Crippen LogP contribution in [0.3, 0.4) is 0 Å². The molecule has 1 saturated carbocycles. The number of hydrogen-bond acceptors (Lipinski definition) is 4. The van der Waals surface area contributed by atoms with Crippen molar-refractivity contribution in [2.75, 3.05) is 12.3 Å². The minimum absolute atomic E-state index is 0.149. The molecular formula is C10H15BrN2O2S2. The van der Waals surface area contributed by atoms with E-state index in [4.69, 9.17) is 0 Å². The van der Waals surface area contributed by atoms with E-state index in [1.54, 1.807) is 11.3 Å². The zero-order valence-corrected chi connectivity index (χ0v) is 12.5. The summed E-state index contributed by atoms with van der Waals surface area (Å²) in [6.07, 6.45) is 1.96. The van der Waals surface area contributed by atoms with E-state index >= 15 is 0 Å². The number of thiophene rings is 1. The molecule has 17 heavy (non-hydrogen) atoms. The summed E-state index contributed by atoms with van der Waals surface area (Å²) in [5.74, 6) is 0.149. The van der Waals surface area contributed by atoms with Gasteiger partial charge in [-0.25, -0.2) is 13.1 Å². The summed E-state index contributed by atoms with van der Waals surface area (Å²) < 4.78 is 26.8. The van der Waals surface area contributed by atoms with Crippen LogP contribution in [0.5, 0.6) is 0 Å². The SMILES string of the molecule is O=S(=O)(CCNCc1ccc(Br)s1)NC1CC1. The van der Waals surface area contributed by atoms with Gasteiger partial charge in [0, 0.05) is 24.0 Å². The number of nitrogens with one attached hydrogen (secondary N) is 2. The molecule has 1 fully saturated rings.